The number of rotatable bonds is 0. The van der Waals surface area contributed by atoms with E-state index in [4.69, 9.17) is 0 Å². The summed E-state index contributed by atoms with van der Waals surface area (Å²) in [6, 6.07) is 0. The summed E-state index contributed by atoms with van der Waals surface area (Å²) in [5.41, 5.74) is 0. The zero-order valence-corrected chi connectivity index (χ0v) is 7.39. The van der Waals surface area contributed by atoms with Crippen LogP contribution in [0.15, 0.2) is 22.5 Å². The van der Waals surface area contributed by atoms with Crippen molar-refractivity contribution in [2.24, 2.45) is 0 Å². The molecule has 10 heavy (non-hydrogen) atoms. The number of hydrogen-bond donors (Lipinski definition) is 0. The van der Waals surface area contributed by atoms with E-state index in [2.05, 4.69) is 35.9 Å². The van der Waals surface area contributed by atoms with Gasteiger partial charge in [0.1, 0.15) is 0 Å². The van der Waals surface area contributed by atoms with E-state index in [1.165, 1.54) is 10.7 Å². The molecule has 0 unspecified atom stereocenters. The van der Waals surface area contributed by atoms with Crippen LogP contribution < -0.4 is 0 Å². The molecule has 2 heteroatoms. The molecule has 1 rings (SSSR count). The number of hydrogen-bond acceptors (Lipinski definition) is 1. The summed E-state index contributed by atoms with van der Waals surface area (Å²) in [4.78, 5) is 2.00. The second kappa shape index (κ2) is 5.79. The zero-order valence-electron chi connectivity index (χ0n) is 7.39. The van der Waals surface area contributed by atoms with Gasteiger partial charge < -0.3 is 4.90 Å². The Bertz CT molecular complexity index is 133. The van der Waals surface area contributed by atoms with E-state index in [0.29, 0.717) is 0 Å². The van der Waals surface area contributed by atoms with Crippen LogP contribution in [0.5, 0.6) is 0 Å². The van der Waals surface area contributed by atoms with Crippen LogP contribution in [0.3, 0.4) is 0 Å². The fourth-order valence-electron chi connectivity index (χ4n) is 0.554. The van der Waals surface area contributed by atoms with Gasteiger partial charge in [0, 0.05) is 0 Å². The summed E-state index contributed by atoms with van der Waals surface area (Å²) >= 11 is 2.14. The van der Waals surface area contributed by atoms with Crippen LogP contribution in [0.4, 0.5) is 0 Å². The summed E-state index contributed by atoms with van der Waals surface area (Å²) < 4.78 is 1.47. The Balaban J connectivity index is 0.000000180. The van der Waals surface area contributed by atoms with Gasteiger partial charge in [-0.15, -0.1) is 0 Å². The van der Waals surface area contributed by atoms with Crippen LogP contribution in [0.2, 0.25) is 0 Å². The summed E-state index contributed by atoms with van der Waals surface area (Å²) in [6.45, 7) is 0. The molecular weight excluding hydrogens is 117 g/mol. The van der Waals surface area contributed by atoms with E-state index < -0.39 is 0 Å². The Morgan fingerprint density at radius 2 is 1.90 bits per heavy atom. The summed E-state index contributed by atoms with van der Waals surface area (Å²) in [6.07, 6.45) is 7.56. The third-order valence-corrected chi connectivity index (χ3v) is 0.957. The molecule has 0 saturated carbocycles. The van der Waals surface area contributed by atoms with E-state index in [-0.39, 0.29) is 0 Å². The second-order valence-corrected chi connectivity index (χ2v) is 2.99. The molecule has 1 aliphatic carbocycles. The van der Waals surface area contributed by atoms with Gasteiger partial charge >= 0.3 is 46.6 Å². The molecule has 0 radical (unpaired) electrons. The van der Waals surface area contributed by atoms with Crippen molar-refractivity contribution in [1.82, 2.24) is 4.90 Å². The zero-order chi connectivity index (χ0) is 7.98. The van der Waals surface area contributed by atoms with E-state index in [1.807, 2.05) is 26.0 Å². The van der Waals surface area contributed by atoms with Gasteiger partial charge in [0.05, 0.1) is 0 Å². The number of nitrogens with zero attached hydrogens (tertiary/aromatic N) is 1. The second-order valence-electron chi connectivity index (χ2n) is 2.99. The van der Waals surface area contributed by atoms with E-state index in [1.54, 1.807) is 0 Å². The molecule has 0 fully saturated rings. The van der Waals surface area contributed by atoms with E-state index in [9.17, 15) is 0 Å². The molecule has 0 aromatic rings. The first-order chi connectivity index (χ1) is 4.63. The maximum absolute atomic E-state index is 2.16. The SMILES string of the molecule is CN(C)C.[Li][C]1=CC=CC1. The molecule has 0 heterocycles. The van der Waals surface area contributed by atoms with Crippen LogP contribution in [0, 0.1) is 0 Å². The average Bonchev–Trinajstić information content (AvgIpc) is 2.15. The molecule has 0 aromatic carbocycles. The van der Waals surface area contributed by atoms with Gasteiger partial charge in [0.2, 0.25) is 0 Å². The van der Waals surface area contributed by atoms with Crippen molar-refractivity contribution in [3.8, 4) is 0 Å². The van der Waals surface area contributed by atoms with Gasteiger partial charge in [0.25, 0.3) is 0 Å². The summed E-state index contributed by atoms with van der Waals surface area (Å²) in [7, 11) is 6.00. The van der Waals surface area contributed by atoms with Crippen molar-refractivity contribution in [2.45, 2.75) is 6.42 Å². The molecule has 0 bridgehead atoms. The van der Waals surface area contributed by atoms with Crippen molar-refractivity contribution in [3.63, 3.8) is 0 Å². The first-order valence-corrected chi connectivity index (χ1v) is 3.56. The van der Waals surface area contributed by atoms with Gasteiger partial charge in [0.15, 0.2) is 0 Å². The average molecular weight is 131 g/mol. The van der Waals surface area contributed by atoms with Crippen LogP contribution in [0.25, 0.3) is 0 Å². The Morgan fingerprint density at radius 3 is 2.00 bits per heavy atom. The van der Waals surface area contributed by atoms with Crippen LogP contribution >= 0.6 is 0 Å². The van der Waals surface area contributed by atoms with Crippen molar-refractivity contribution >= 4 is 17.7 Å². The van der Waals surface area contributed by atoms with Crippen LogP contribution in [-0.4, -0.2) is 43.8 Å². The molecule has 1 aliphatic rings. The quantitative estimate of drug-likeness (QED) is 0.446. The molecule has 0 spiro atoms. The van der Waals surface area contributed by atoms with Gasteiger partial charge in [-0.05, 0) is 21.1 Å². The Morgan fingerprint density at radius 1 is 1.40 bits per heavy atom. The van der Waals surface area contributed by atoms with Gasteiger partial charge in [-0.25, -0.2) is 0 Å². The minimum atomic E-state index is 1.17. The predicted octanol–water partition coefficient (Wildman–Crippen LogP) is 1.18. The Hall–Kier alpha value is 0.0374. The molecular formula is C8H14LiN. The fraction of sp³-hybridized carbons (Fsp3) is 0.500. The van der Waals surface area contributed by atoms with Crippen LogP contribution in [-0.2, 0) is 0 Å². The Labute approximate surface area is 73.0 Å². The normalized spacial score (nSPS) is 14.8. The topological polar surface area (TPSA) is 3.24 Å². The third-order valence-electron chi connectivity index (χ3n) is 0.957. The van der Waals surface area contributed by atoms with Crippen LogP contribution in [0.1, 0.15) is 6.42 Å². The third kappa shape index (κ3) is 8.04. The standard InChI is InChI=1S/C5H5.C3H9N.Li/c1-2-4-5-3-1;1-4(2)3;/h1-3H,4H2;1-3H3;. The molecule has 1 nitrogen and oxygen atoms in total. The van der Waals surface area contributed by atoms with Crippen molar-refractivity contribution in [1.29, 1.82) is 0 Å². The van der Waals surface area contributed by atoms with Gasteiger partial charge in [-0.2, -0.15) is 0 Å². The monoisotopic (exact) mass is 131 g/mol. The van der Waals surface area contributed by atoms with Gasteiger partial charge in [-0.3, -0.25) is 0 Å². The van der Waals surface area contributed by atoms with Crippen molar-refractivity contribution in [3.05, 3.63) is 22.5 Å². The fourth-order valence-corrected chi connectivity index (χ4v) is 0.554. The molecule has 0 aromatic heterocycles. The van der Waals surface area contributed by atoms with Gasteiger partial charge in [-0.1, -0.05) is 0 Å². The molecule has 52 valence electrons. The predicted molar refractivity (Wildman–Crippen MR) is 47.2 cm³/mol. The molecule has 0 amide bonds. The first kappa shape index (κ1) is 10.0. The summed E-state index contributed by atoms with van der Waals surface area (Å²) in [5, 5.41) is 0. The van der Waals surface area contributed by atoms with Crippen molar-refractivity contribution < 1.29 is 0 Å². The molecule has 0 saturated heterocycles. The molecule has 0 N–H and O–H groups in total. The Kier molecular flexibility index (Phi) is 5.82. The maximum atomic E-state index is 2.16. The van der Waals surface area contributed by atoms with Crippen molar-refractivity contribution in [2.75, 3.05) is 21.1 Å². The first-order valence-electron chi connectivity index (χ1n) is 3.56. The number of allylic oxidation sites excluding steroid dienone is 4. The summed E-state index contributed by atoms with van der Waals surface area (Å²) in [5.74, 6) is 0. The molecule has 0 atom stereocenters. The van der Waals surface area contributed by atoms with E-state index >= 15 is 0 Å². The minimum absolute atomic E-state index is 1.17. The van der Waals surface area contributed by atoms with E-state index in [0.717, 1.165) is 0 Å². The molecule has 0 aliphatic heterocycles.